The Balaban J connectivity index is 1.96. The van der Waals surface area contributed by atoms with Gasteiger partial charge in [-0.25, -0.2) is 0 Å². The molecule has 0 bridgehead atoms. The van der Waals surface area contributed by atoms with Crippen LogP contribution in [0.2, 0.25) is 0 Å². The molecule has 1 heterocycles. The van der Waals surface area contributed by atoms with Gasteiger partial charge < -0.3 is 10.4 Å². The molecule has 104 valence electrons. The molecular weight excluding hydrogens is 261 g/mol. The van der Waals surface area contributed by atoms with E-state index in [4.69, 9.17) is 5.11 Å². The van der Waals surface area contributed by atoms with E-state index in [-0.39, 0.29) is 17.6 Å². The van der Waals surface area contributed by atoms with Gasteiger partial charge in [0.15, 0.2) is 0 Å². The second-order valence-electron chi connectivity index (χ2n) is 4.77. The lowest BCUT2D eigenvalue weighted by molar-refractivity contribution is -0.141. The smallest absolute Gasteiger partial charge is 0.396 e. The Kier molecular flexibility index (Phi) is 3.49. The second-order valence-corrected chi connectivity index (χ2v) is 4.77. The molecule has 1 fully saturated rings. The van der Waals surface area contributed by atoms with E-state index in [2.05, 4.69) is 10.3 Å². The third kappa shape index (κ3) is 3.23. The fraction of sp³-hybridized carbons (Fsp3) is 0.500. The monoisotopic (exact) mass is 274 g/mol. The van der Waals surface area contributed by atoms with Crippen molar-refractivity contribution in [1.29, 1.82) is 0 Å². The molecule has 0 saturated heterocycles. The van der Waals surface area contributed by atoms with E-state index in [1.54, 1.807) is 0 Å². The van der Waals surface area contributed by atoms with Crippen LogP contribution in [-0.4, -0.2) is 29.1 Å². The molecule has 2 N–H and O–H groups in total. The zero-order valence-electron chi connectivity index (χ0n) is 10.00. The first-order valence-electron chi connectivity index (χ1n) is 5.79. The highest BCUT2D eigenvalue weighted by atomic mass is 19.4. The summed E-state index contributed by atoms with van der Waals surface area (Å²) in [4.78, 5) is 14.9. The van der Waals surface area contributed by atoms with Crippen molar-refractivity contribution < 1.29 is 23.1 Å². The lowest BCUT2D eigenvalue weighted by Crippen LogP contribution is -2.32. The Morgan fingerprint density at radius 3 is 2.53 bits per heavy atom. The molecule has 0 aliphatic heterocycles. The van der Waals surface area contributed by atoms with Gasteiger partial charge in [-0.2, -0.15) is 13.2 Å². The lowest BCUT2D eigenvalue weighted by atomic mass is 10.1. The number of pyridine rings is 1. The number of aromatic nitrogens is 1. The number of aliphatic hydroxyl groups is 1. The van der Waals surface area contributed by atoms with Crippen molar-refractivity contribution in [3.05, 3.63) is 29.6 Å². The van der Waals surface area contributed by atoms with Crippen LogP contribution in [0.1, 0.15) is 28.9 Å². The number of halogens is 3. The summed E-state index contributed by atoms with van der Waals surface area (Å²) in [6.07, 6.45) is -1.93. The van der Waals surface area contributed by atoms with E-state index in [1.165, 1.54) is 0 Å². The molecule has 0 aromatic carbocycles. The molecule has 1 aromatic heterocycles. The van der Waals surface area contributed by atoms with Crippen molar-refractivity contribution in [2.75, 3.05) is 13.2 Å². The zero-order chi connectivity index (χ0) is 14.1. The summed E-state index contributed by atoms with van der Waals surface area (Å²) in [5, 5.41) is 11.7. The predicted molar refractivity (Wildman–Crippen MR) is 60.3 cm³/mol. The van der Waals surface area contributed by atoms with Crippen molar-refractivity contribution in [3.63, 3.8) is 0 Å². The number of nitrogens with zero attached hydrogens (tertiary/aromatic N) is 1. The van der Waals surface area contributed by atoms with Gasteiger partial charge in [0.1, 0.15) is 5.69 Å². The molecule has 0 radical (unpaired) electrons. The van der Waals surface area contributed by atoms with Crippen LogP contribution in [0.25, 0.3) is 0 Å². The van der Waals surface area contributed by atoms with Crippen LogP contribution >= 0.6 is 0 Å². The van der Waals surface area contributed by atoms with E-state index in [9.17, 15) is 18.0 Å². The van der Waals surface area contributed by atoms with Crippen molar-refractivity contribution in [3.8, 4) is 0 Å². The summed E-state index contributed by atoms with van der Waals surface area (Å²) in [5.74, 6) is -0.485. The fourth-order valence-corrected chi connectivity index (χ4v) is 1.63. The molecule has 1 saturated carbocycles. The van der Waals surface area contributed by atoms with Crippen LogP contribution in [0.15, 0.2) is 18.3 Å². The maximum atomic E-state index is 12.3. The van der Waals surface area contributed by atoms with Gasteiger partial charge >= 0.3 is 6.18 Å². The van der Waals surface area contributed by atoms with Gasteiger partial charge in [0.25, 0.3) is 5.91 Å². The first-order chi connectivity index (χ1) is 8.86. The third-order valence-corrected chi connectivity index (χ3v) is 3.23. The molecule has 1 aliphatic carbocycles. The zero-order valence-corrected chi connectivity index (χ0v) is 10.00. The van der Waals surface area contributed by atoms with Gasteiger partial charge in [0.2, 0.25) is 0 Å². The van der Waals surface area contributed by atoms with Gasteiger partial charge in [-0.3, -0.25) is 9.78 Å². The number of rotatable bonds is 4. The maximum Gasteiger partial charge on any atom is 0.433 e. The van der Waals surface area contributed by atoms with Crippen LogP contribution < -0.4 is 5.32 Å². The minimum Gasteiger partial charge on any atom is -0.396 e. The molecule has 19 heavy (non-hydrogen) atoms. The van der Waals surface area contributed by atoms with E-state index in [0.717, 1.165) is 31.2 Å². The Morgan fingerprint density at radius 2 is 2.11 bits per heavy atom. The Labute approximate surface area is 107 Å². The Hall–Kier alpha value is -1.63. The quantitative estimate of drug-likeness (QED) is 0.876. The normalized spacial score (nSPS) is 17.1. The molecule has 4 nitrogen and oxygen atoms in total. The van der Waals surface area contributed by atoms with E-state index < -0.39 is 17.8 Å². The van der Waals surface area contributed by atoms with Crippen LogP contribution in [0.4, 0.5) is 13.2 Å². The average Bonchev–Trinajstić information content (AvgIpc) is 3.16. The summed E-state index contributed by atoms with van der Waals surface area (Å²) >= 11 is 0. The maximum absolute atomic E-state index is 12.3. The lowest BCUT2D eigenvalue weighted by Gasteiger charge is -2.12. The summed E-state index contributed by atoms with van der Waals surface area (Å²) in [7, 11) is 0. The molecule has 1 aromatic rings. The molecular formula is C12H13F3N2O2. The average molecular weight is 274 g/mol. The first kappa shape index (κ1) is 13.8. The highest BCUT2D eigenvalue weighted by molar-refractivity contribution is 5.93. The van der Waals surface area contributed by atoms with Crippen LogP contribution in [-0.2, 0) is 6.18 Å². The van der Waals surface area contributed by atoms with E-state index >= 15 is 0 Å². The third-order valence-electron chi connectivity index (χ3n) is 3.23. The van der Waals surface area contributed by atoms with Gasteiger partial charge in [-0.15, -0.1) is 0 Å². The van der Waals surface area contributed by atoms with Crippen molar-refractivity contribution in [2.45, 2.75) is 19.0 Å². The number of hydrogen-bond donors (Lipinski definition) is 2. The van der Waals surface area contributed by atoms with Crippen molar-refractivity contribution in [2.24, 2.45) is 5.41 Å². The second kappa shape index (κ2) is 4.80. The number of carbonyl (C=O) groups is 1. The van der Waals surface area contributed by atoms with Crippen LogP contribution in [0.5, 0.6) is 0 Å². The summed E-state index contributed by atoms with van der Waals surface area (Å²) < 4.78 is 36.9. The SMILES string of the molecule is O=C(NCC1(CO)CC1)c1ccc(C(F)(F)F)nc1. The number of carbonyl (C=O) groups excluding carboxylic acids is 1. The molecule has 0 unspecified atom stereocenters. The molecule has 2 rings (SSSR count). The number of aliphatic hydroxyl groups excluding tert-OH is 1. The van der Waals surface area contributed by atoms with E-state index in [1.807, 2.05) is 0 Å². The van der Waals surface area contributed by atoms with Gasteiger partial charge in [-0.1, -0.05) is 0 Å². The van der Waals surface area contributed by atoms with Gasteiger partial charge in [0, 0.05) is 18.2 Å². The molecule has 1 amide bonds. The standard InChI is InChI=1S/C12H13F3N2O2/c13-12(14,15)9-2-1-8(5-16-9)10(19)17-6-11(7-18)3-4-11/h1-2,5,18H,3-4,6-7H2,(H,17,19). The Morgan fingerprint density at radius 1 is 1.42 bits per heavy atom. The van der Waals surface area contributed by atoms with Crippen LogP contribution in [0.3, 0.4) is 0 Å². The van der Waals surface area contributed by atoms with E-state index in [0.29, 0.717) is 6.54 Å². The van der Waals surface area contributed by atoms with Gasteiger partial charge in [0.05, 0.1) is 12.2 Å². The topological polar surface area (TPSA) is 62.2 Å². The largest absolute Gasteiger partial charge is 0.433 e. The highest BCUT2D eigenvalue weighted by Gasteiger charge is 2.42. The summed E-state index contributed by atoms with van der Waals surface area (Å²) in [6.45, 7) is 0.321. The number of nitrogens with one attached hydrogen (secondary N) is 1. The summed E-state index contributed by atoms with van der Waals surface area (Å²) in [6, 6.07) is 1.86. The number of hydrogen-bond acceptors (Lipinski definition) is 3. The Bertz CT molecular complexity index is 467. The van der Waals surface area contributed by atoms with Crippen LogP contribution in [0, 0.1) is 5.41 Å². The fourth-order valence-electron chi connectivity index (χ4n) is 1.63. The molecule has 1 aliphatic rings. The van der Waals surface area contributed by atoms with Gasteiger partial charge in [-0.05, 0) is 25.0 Å². The van der Waals surface area contributed by atoms with Crippen molar-refractivity contribution >= 4 is 5.91 Å². The molecule has 7 heteroatoms. The molecule has 0 atom stereocenters. The summed E-state index contributed by atoms with van der Waals surface area (Å²) in [5.41, 5.74) is -1.20. The number of alkyl halides is 3. The number of amides is 1. The highest BCUT2D eigenvalue weighted by Crippen LogP contribution is 2.44. The minimum atomic E-state index is -4.51. The first-order valence-corrected chi connectivity index (χ1v) is 5.79. The minimum absolute atomic E-state index is 0.00145. The molecule has 0 spiro atoms. The predicted octanol–water partition coefficient (Wildman–Crippen LogP) is 1.60. The van der Waals surface area contributed by atoms with Crippen molar-refractivity contribution in [1.82, 2.24) is 10.3 Å².